The van der Waals surface area contributed by atoms with Crippen molar-refractivity contribution in [2.75, 3.05) is 0 Å². The van der Waals surface area contributed by atoms with Crippen LogP contribution < -0.4 is 0 Å². The van der Waals surface area contributed by atoms with Crippen molar-refractivity contribution in [3.63, 3.8) is 0 Å². The molecular formula is C3H3N2O. The highest BCUT2D eigenvalue weighted by molar-refractivity contribution is 4.90. The number of aromatic nitrogens is 2. The molecule has 0 aliphatic carbocycles. The van der Waals surface area contributed by atoms with E-state index in [0.29, 0.717) is 5.69 Å². The second-order valence-electron chi connectivity index (χ2n) is 0.896. The molecule has 0 aliphatic heterocycles. The minimum Gasteiger partial charge on any atom is -0.345 e. The maximum absolute atomic E-state index is 4.29. The van der Waals surface area contributed by atoms with Crippen molar-refractivity contribution < 1.29 is 4.52 Å². The summed E-state index contributed by atoms with van der Waals surface area (Å²) >= 11 is 0. The quantitative estimate of drug-likeness (QED) is 0.451. The molecule has 1 rings (SSSR count). The Kier molecular flexibility index (Phi) is 0.602. The van der Waals surface area contributed by atoms with E-state index in [9.17, 15) is 0 Å². The van der Waals surface area contributed by atoms with Crippen LogP contribution >= 0.6 is 0 Å². The van der Waals surface area contributed by atoms with Crippen LogP contribution in [-0.4, -0.2) is 10.4 Å². The normalized spacial score (nSPS) is 8.83. The molecule has 6 heavy (non-hydrogen) atoms. The molecule has 0 aliphatic rings. The van der Waals surface area contributed by atoms with Gasteiger partial charge in [-0.25, -0.2) is 0 Å². The van der Waals surface area contributed by atoms with Crippen LogP contribution in [0.3, 0.4) is 0 Å². The molecule has 0 fully saturated rings. The maximum Gasteiger partial charge on any atom is 0.147 e. The van der Waals surface area contributed by atoms with Crippen molar-refractivity contribution >= 4 is 0 Å². The highest BCUT2D eigenvalue weighted by Crippen LogP contribution is 1.82. The average Bonchev–Trinajstić information content (AvgIpc) is 1.86. The summed E-state index contributed by atoms with van der Waals surface area (Å²) in [5.41, 5.74) is 0.565. The highest BCUT2D eigenvalue weighted by Gasteiger charge is 1.80. The SMILES string of the molecule is [CH2]c1conn1. The van der Waals surface area contributed by atoms with Gasteiger partial charge in [0.2, 0.25) is 0 Å². The van der Waals surface area contributed by atoms with Gasteiger partial charge in [0.05, 0.1) is 0 Å². The smallest absolute Gasteiger partial charge is 0.147 e. The standard InChI is InChI=1S/C3H3N2O/c1-3-2-6-5-4-3/h2H,1H2. The number of hydrogen-bond donors (Lipinski definition) is 0. The molecule has 1 aromatic heterocycles. The molecule has 0 saturated carbocycles. The summed E-state index contributed by atoms with van der Waals surface area (Å²) in [6, 6.07) is 0. The van der Waals surface area contributed by atoms with Crippen LogP contribution in [0.5, 0.6) is 0 Å². The topological polar surface area (TPSA) is 38.9 Å². The summed E-state index contributed by atoms with van der Waals surface area (Å²) in [7, 11) is 0. The van der Waals surface area contributed by atoms with Gasteiger partial charge in [0, 0.05) is 12.2 Å². The largest absolute Gasteiger partial charge is 0.345 e. The predicted octanol–water partition coefficient (Wildman–Crippen LogP) is 0.252. The van der Waals surface area contributed by atoms with Gasteiger partial charge in [-0.1, -0.05) is 0 Å². The average molecular weight is 83.1 g/mol. The molecular weight excluding hydrogens is 80.0 g/mol. The Hall–Kier alpha value is -0.860. The molecule has 3 heteroatoms. The van der Waals surface area contributed by atoms with Crippen molar-refractivity contribution in [1.29, 1.82) is 0 Å². The molecule has 0 aromatic carbocycles. The first kappa shape index (κ1) is 3.33. The van der Waals surface area contributed by atoms with Gasteiger partial charge in [-0.05, 0) is 0 Å². The molecule has 0 unspecified atom stereocenters. The first-order valence-electron chi connectivity index (χ1n) is 1.48. The molecule has 0 spiro atoms. The van der Waals surface area contributed by atoms with E-state index in [-0.39, 0.29) is 0 Å². The molecule has 0 saturated heterocycles. The fourth-order valence-corrected chi connectivity index (χ4v) is 0.184. The minimum absolute atomic E-state index is 0.565. The lowest BCUT2D eigenvalue weighted by molar-refractivity contribution is 0.393. The van der Waals surface area contributed by atoms with Gasteiger partial charge in [-0.2, -0.15) is 0 Å². The fraction of sp³-hybridized carbons (Fsp3) is 0. The molecule has 1 aromatic rings. The Morgan fingerprint density at radius 3 is 2.83 bits per heavy atom. The van der Waals surface area contributed by atoms with E-state index in [1.807, 2.05) is 0 Å². The molecule has 0 amide bonds. The third-order valence-corrected chi connectivity index (χ3v) is 0.405. The lowest BCUT2D eigenvalue weighted by Crippen LogP contribution is -1.65. The van der Waals surface area contributed by atoms with Crippen LogP contribution in [0, 0.1) is 6.92 Å². The van der Waals surface area contributed by atoms with E-state index in [0.717, 1.165) is 0 Å². The summed E-state index contributed by atoms with van der Waals surface area (Å²) < 4.78 is 4.29. The zero-order valence-corrected chi connectivity index (χ0v) is 3.09. The van der Waals surface area contributed by atoms with Crippen LogP contribution in [0.25, 0.3) is 0 Å². The molecule has 0 N–H and O–H groups in total. The van der Waals surface area contributed by atoms with E-state index < -0.39 is 0 Å². The van der Waals surface area contributed by atoms with Gasteiger partial charge in [0.25, 0.3) is 0 Å². The van der Waals surface area contributed by atoms with Crippen molar-refractivity contribution in [3.8, 4) is 0 Å². The van der Waals surface area contributed by atoms with Crippen molar-refractivity contribution in [3.05, 3.63) is 18.9 Å². The first-order chi connectivity index (χ1) is 2.89. The van der Waals surface area contributed by atoms with Crippen molar-refractivity contribution in [1.82, 2.24) is 10.4 Å². The first-order valence-corrected chi connectivity index (χ1v) is 1.48. The lowest BCUT2D eigenvalue weighted by atomic mass is 10.6. The van der Waals surface area contributed by atoms with E-state index >= 15 is 0 Å². The van der Waals surface area contributed by atoms with Gasteiger partial charge >= 0.3 is 0 Å². The predicted molar refractivity (Wildman–Crippen MR) is 18.8 cm³/mol. The zero-order valence-electron chi connectivity index (χ0n) is 3.09. The lowest BCUT2D eigenvalue weighted by Gasteiger charge is -1.57. The summed E-state index contributed by atoms with van der Waals surface area (Å²) in [6.45, 7) is 3.41. The second kappa shape index (κ2) is 1.08. The highest BCUT2D eigenvalue weighted by atomic mass is 16.5. The molecule has 3 nitrogen and oxygen atoms in total. The summed E-state index contributed by atoms with van der Waals surface area (Å²) in [5, 5.41) is 6.52. The Bertz CT molecular complexity index is 112. The van der Waals surface area contributed by atoms with Crippen molar-refractivity contribution in [2.45, 2.75) is 0 Å². The fourth-order valence-electron chi connectivity index (χ4n) is 0.184. The van der Waals surface area contributed by atoms with Crippen molar-refractivity contribution in [2.24, 2.45) is 0 Å². The summed E-state index contributed by atoms with van der Waals surface area (Å²) in [5.74, 6) is 0. The monoisotopic (exact) mass is 83.0 g/mol. The summed E-state index contributed by atoms with van der Waals surface area (Å²) in [4.78, 5) is 0. The van der Waals surface area contributed by atoms with Gasteiger partial charge in [-0.3, -0.25) is 0 Å². The van der Waals surface area contributed by atoms with E-state index in [1.54, 1.807) is 0 Å². The zero-order chi connectivity index (χ0) is 4.41. The Labute approximate surface area is 34.9 Å². The minimum atomic E-state index is 0.565. The van der Waals surface area contributed by atoms with E-state index in [4.69, 9.17) is 0 Å². The van der Waals surface area contributed by atoms with Crippen LogP contribution in [0.1, 0.15) is 5.69 Å². The van der Waals surface area contributed by atoms with E-state index in [2.05, 4.69) is 21.8 Å². The van der Waals surface area contributed by atoms with Crippen LogP contribution in [0.15, 0.2) is 10.8 Å². The molecule has 0 atom stereocenters. The van der Waals surface area contributed by atoms with Gasteiger partial charge in [0.15, 0.2) is 0 Å². The van der Waals surface area contributed by atoms with Gasteiger partial charge in [-0.15, -0.1) is 5.10 Å². The Morgan fingerprint density at radius 2 is 2.67 bits per heavy atom. The van der Waals surface area contributed by atoms with Gasteiger partial charge in [0.1, 0.15) is 12.0 Å². The molecule has 31 valence electrons. The van der Waals surface area contributed by atoms with Gasteiger partial charge < -0.3 is 4.52 Å². The molecule has 1 heterocycles. The summed E-state index contributed by atoms with van der Waals surface area (Å²) in [6.07, 6.45) is 1.38. The van der Waals surface area contributed by atoms with Crippen LogP contribution in [0.2, 0.25) is 0 Å². The molecule has 0 bridgehead atoms. The number of rotatable bonds is 0. The Morgan fingerprint density at radius 1 is 1.83 bits per heavy atom. The number of nitrogens with zero attached hydrogens (tertiary/aromatic N) is 2. The maximum atomic E-state index is 4.29. The number of hydrogen-bond acceptors (Lipinski definition) is 3. The third kappa shape index (κ3) is 0.381. The second-order valence-corrected chi connectivity index (χ2v) is 0.896. The van der Waals surface area contributed by atoms with Crippen LogP contribution in [0.4, 0.5) is 0 Å². The molecule has 1 radical (unpaired) electrons. The van der Waals surface area contributed by atoms with E-state index in [1.165, 1.54) is 6.26 Å². The third-order valence-electron chi connectivity index (χ3n) is 0.405. The van der Waals surface area contributed by atoms with Crippen LogP contribution in [-0.2, 0) is 0 Å². The Balaban J connectivity index is 3.05.